The number of aromatic nitrogens is 2. The van der Waals surface area contributed by atoms with Crippen molar-refractivity contribution in [1.82, 2.24) is 9.78 Å². The Balaban J connectivity index is 2.29. The number of hydrogen-bond donors (Lipinski definition) is 2. The van der Waals surface area contributed by atoms with E-state index in [4.69, 9.17) is 5.73 Å². The fourth-order valence-electron chi connectivity index (χ4n) is 2.32. The van der Waals surface area contributed by atoms with E-state index in [1.165, 1.54) is 4.68 Å². The smallest absolute Gasteiger partial charge is 0.330 e. The fraction of sp³-hybridized carbons (Fsp3) is 0.700. The minimum atomic E-state index is -0.554. The van der Waals surface area contributed by atoms with E-state index in [1.54, 1.807) is 0 Å². The molecule has 0 spiro atoms. The Kier molecular flexibility index (Phi) is 3.28. The number of nitrogen functional groups attached to an aromatic ring is 1. The zero-order valence-electron chi connectivity index (χ0n) is 9.45. The maximum Gasteiger partial charge on any atom is 0.330 e. The fourth-order valence-corrected chi connectivity index (χ4v) is 2.32. The molecule has 2 unspecified atom stereocenters. The van der Waals surface area contributed by atoms with Crippen molar-refractivity contribution < 1.29 is 10.0 Å². The van der Waals surface area contributed by atoms with Crippen LogP contribution in [0.15, 0.2) is 6.20 Å². The molecule has 17 heavy (non-hydrogen) atoms. The molecule has 2 atom stereocenters. The Labute approximate surface area is 98.4 Å². The maximum atomic E-state index is 10.7. The Morgan fingerprint density at radius 2 is 2.18 bits per heavy atom. The molecular formula is C10H16N4O3. The molecule has 1 aliphatic carbocycles. The van der Waals surface area contributed by atoms with Crippen molar-refractivity contribution in [1.29, 1.82) is 0 Å². The van der Waals surface area contributed by atoms with E-state index in [-0.39, 0.29) is 17.5 Å². The quantitative estimate of drug-likeness (QED) is 0.459. The predicted octanol–water partition coefficient (Wildman–Crippen LogP) is 1.24. The number of anilines is 1. The number of nitrogens with two attached hydrogens (primary N) is 1. The summed E-state index contributed by atoms with van der Waals surface area (Å²) in [5.74, 6) is 0.0287. The van der Waals surface area contributed by atoms with Crippen molar-refractivity contribution in [2.75, 3.05) is 5.73 Å². The molecule has 2 rings (SSSR count). The minimum Gasteiger partial charge on any atom is -0.391 e. The maximum absolute atomic E-state index is 10.7. The van der Waals surface area contributed by atoms with Gasteiger partial charge < -0.3 is 10.8 Å². The molecule has 0 aliphatic heterocycles. The molecule has 0 aromatic carbocycles. The summed E-state index contributed by atoms with van der Waals surface area (Å²) in [4.78, 5) is 10.1. The van der Waals surface area contributed by atoms with Gasteiger partial charge in [0.25, 0.3) is 0 Å². The van der Waals surface area contributed by atoms with Gasteiger partial charge in [-0.25, -0.2) is 4.68 Å². The number of aliphatic hydroxyl groups is 1. The molecule has 7 nitrogen and oxygen atoms in total. The van der Waals surface area contributed by atoms with Gasteiger partial charge in [0.2, 0.25) is 5.82 Å². The molecule has 94 valence electrons. The number of nitro groups is 1. The average Bonchev–Trinajstić information content (AvgIpc) is 2.52. The third kappa shape index (κ3) is 2.23. The third-order valence-electron chi connectivity index (χ3n) is 3.27. The molecule has 1 aromatic heterocycles. The molecular weight excluding hydrogens is 224 g/mol. The van der Waals surface area contributed by atoms with Crippen LogP contribution in [0.1, 0.15) is 38.1 Å². The molecule has 1 heterocycles. The average molecular weight is 240 g/mol. The van der Waals surface area contributed by atoms with Gasteiger partial charge in [0, 0.05) is 0 Å². The van der Waals surface area contributed by atoms with Crippen LogP contribution in [0.4, 0.5) is 11.5 Å². The Morgan fingerprint density at radius 3 is 2.82 bits per heavy atom. The molecule has 0 radical (unpaired) electrons. The SMILES string of the molecule is Nc1c([N+](=O)[O-])cnn1C1CCCCCC1O. The topological polar surface area (TPSA) is 107 Å². The van der Waals surface area contributed by atoms with Gasteiger partial charge in [-0.05, 0) is 12.8 Å². The summed E-state index contributed by atoms with van der Waals surface area (Å²) in [5, 5.41) is 24.6. The summed E-state index contributed by atoms with van der Waals surface area (Å²) in [6.07, 6.45) is 5.08. The lowest BCUT2D eigenvalue weighted by molar-refractivity contribution is -0.384. The van der Waals surface area contributed by atoms with E-state index in [0.717, 1.165) is 31.9 Å². The van der Waals surface area contributed by atoms with Crippen LogP contribution in [0.25, 0.3) is 0 Å². The first kappa shape index (κ1) is 11.8. The lowest BCUT2D eigenvalue weighted by atomic mass is 10.1. The number of nitrogens with zero attached hydrogens (tertiary/aromatic N) is 3. The van der Waals surface area contributed by atoms with Crippen molar-refractivity contribution in [3.63, 3.8) is 0 Å². The van der Waals surface area contributed by atoms with Crippen LogP contribution >= 0.6 is 0 Å². The number of rotatable bonds is 2. The van der Waals surface area contributed by atoms with E-state index < -0.39 is 11.0 Å². The van der Waals surface area contributed by atoms with Crippen LogP contribution in [0, 0.1) is 10.1 Å². The van der Waals surface area contributed by atoms with Gasteiger partial charge in [-0.2, -0.15) is 5.10 Å². The summed E-state index contributed by atoms with van der Waals surface area (Å²) < 4.78 is 1.40. The number of hydrogen-bond acceptors (Lipinski definition) is 5. The molecule has 0 saturated heterocycles. The van der Waals surface area contributed by atoms with Crippen molar-refractivity contribution in [3.05, 3.63) is 16.3 Å². The Bertz CT molecular complexity index is 418. The zero-order chi connectivity index (χ0) is 12.4. The summed E-state index contributed by atoms with van der Waals surface area (Å²) >= 11 is 0. The standard InChI is InChI=1S/C10H16N4O3/c11-10-8(14(16)17)6-12-13(10)7-4-2-1-3-5-9(7)15/h6-7,9,15H,1-5,11H2. The molecule has 1 saturated carbocycles. The number of aliphatic hydroxyl groups excluding tert-OH is 1. The highest BCUT2D eigenvalue weighted by molar-refractivity contribution is 5.51. The monoisotopic (exact) mass is 240 g/mol. The van der Waals surface area contributed by atoms with Crippen LogP contribution in [0.5, 0.6) is 0 Å². The van der Waals surface area contributed by atoms with E-state index in [2.05, 4.69) is 5.10 Å². The molecule has 3 N–H and O–H groups in total. The van der Waals surface area contributed by atoms with E-state index in [9.17, 15) is 15.2 Å². The highest BCUT2D eigenvalue weighted by Gasteiger charge is 2.28. The first-order chi connectivity index (χ1) is 8.11. The van der Waals surface area contributed by atoms with Gasteiger partial charge in [0.05, 0.1) is 17.1 Å². The second kappa shape index (κ2) is 4.70. The van der Waals surface area contributed by atoms with Crippen molar-refractivity contribution in [3.8, 4) is 0 Å². The van der Waals surface area contributed by atoms with E-state index >= 15 is 0 Å². The lowest BCUT2D eigenvalue weighted by Crippen LogP contribution is -2.25. The predicted molar refractivity (Wildman–Crippen MR) is 61.4 cm³/mol. The Hall–Kier alpha value is -1.63. The van der Waals surface area contributed by atoms with Crippen molar-refractivity contribution in [2.45, 2.75) is 44.2 Å². The summed E-state index contributed by atoms with van der Waals surface area (Å²) in [5.41, 5.74) is 5.50. The van der Waals surface area contributed by atoms with Crippen molar-refractivity contribution >= 4 is 11.5 Å². The summed E-state index contributed by atoms with van der Waals surface area (Å²) in [6.45, 7) is 0. The van der Waals surface area contributed by atoms with Crippen LogP contribution in [-0.2, 0) is 0 Å². The molecule has 0 bridgehead atoms. The minimum absolute atomic E-state index is 0.0287. The first-order valence-electron chi connectivity index (χ1n) is 5.76. The van der Waals surface area contributed by atoms with Crippen LogP contribution in [-0.4, -0.2) is 25.9 Å². The van der Waals surface area contributed by atoms with Crippen LogP contribution < -0.4 is 5.73 Å². The van der Waals surface area contributed by atoms with Crippen LogP contribution in [0.2, 0.25) is 0 Å². The van der Waals surface area contributed by atoms with E-state index in [1.807, 2.05) is 0 Å². The summed E-state index contributed by atoms with van der Waals surface area (Å²) in [6, 6.07) is -0.244. The van der Waals surface area contributed by atoms with Gasteiger partial charge in [-0.3, -0.25) is 10.1 Å². The molecule has 0 amide bonds. The highest BCUT2D eigenvalue weighted by atomic mass is 16.6. The lowest BCUT2D eigenvalue weighted by Gasteiger charge is -2.21. The van der Waals surface area contributed by atoms with Gasteiger partial charge in [0.1, 0.15) is 6.20 Å². The normalized spacial score (nSPS) is 25.5. The van der Waals surface area contributed by atoms with Gasteiger partial charge in [-0.1, -0.05) is 19.3 Å². The largest absolute Gasteiger partial charge is 0.391 e. The van der Waals surface area contributed by atoms with Gasteiger partial charge in [-0.15, -0.1) is 0 Å². The molecule has 1 aliphatic rings. The van der Waals surface area contributed by atoms with Gasteiger partial charge >= 0.3 is 5.69 Å². The van der Waals surface area contributed by atoms with E-state index in [0.29, 0.717) is 6.42 Å². The highest BCUT2D eigenvalue weighted by Crippen LogP contribution is 2.31. The van der Waals surface area contributed by atoms with Crippen molar-refractivity contribution in [2.24, 2.45) is 0 Å². The van der Waals surface area contributed by atoms with Crippen LogP contribution in [0.3, 0.4) is 0 Å². The molecule has 7 heteroatoms. The zero-order valence-corrected chi connectivity index (χ0v) is 9.45. The first-order valence-corrected chi connectivity index (χ1v) is 5.76. The second-order valence-corrected chi connectivity index (χ2v) is 4.39. The Morgan fingerprint density at radius 1 is 1.47 bits per heavy atom. The summed E-state index contributed by atoms with van der Waals surface area (Å²) in [7, 11) is 0. The molecule has 1 fully saturated rings. The molecule has 1 aromatic rings. The third-order valence-corrected chi connectivity index (χ3v) is 3.27. The van der Waals surface area contributed by atoms with Gasteiger partial charge in [0.15, 0.2) is 0 Å². The second-order valence-electron chi connectivity index (χ2n) is 4.39.